The highest BCUT2D eigenvalue weighted by molar-refractivity contribution is 7.09. The minimum atomic E-state index is 0.276. The van der Waals surface area contributed by atoms with Crippen molar-refractivity contribution in [2.24, 2.45) is 11.8 Å². The lowest BCUT2D eigenvalue weighted by Gasteiger charge is -2.57. The zero-order valence-corrected chi connectivity index (χ0v) is 17.2. The number of hydrogen-bond donors (Lipinski definition) is 0. The van der Waals surface area contributed by atoms with E-state index >= 15 is 0 Å². The van der Waals surface area contributed by atoms with Crippen molar-refractivity contribution in [2.45, 2.75) is 51.1 Å². The highest BCUT2D eigenvalue weighted by Gasteiger charge is 2.47. The van der Waals surface area contributed by atoms with Gasteiger partial charge < -0.3 is 9.80 Å². The molecule has 0 aliphatic carbocycles. The van der Waals surface area contributed by atoms with Gasteiger partial charge in [-0.3, -0.25) is 9.69 Å². The second kappa shape index (κ2) is 7.56. The van der Waals surface area contributed by atoms with E-state index in [2.05, 4.69) is 33.8 Å². The van der Waals surface area contributed by atoms with Crippen LogP contribution in [0.5, 0.6) is 0 Å². The van der Waals surface area contributed by atoms with Crippen LogP contribution in [0.15, 0.2) is 5.38 Å². The van der Waals surface area contributed by atoms with Crippen molar-refractivity contribution in [1.82, 2.24) is 19.7 Å². The fourth-order valence-corrected chi connectivity index (χ4v) is 6.11. The number of amides is 1. The number of likely N-dealkylation sites (tertiary alicyclic amines) is 1. The second-order valence-corrected chi connectivity index (χ2v) is 9.78. The Balaban J connectivity index is 1.50. The van der Waals surface area contributed by atoms with E-state index in [-0.39, 0.29) is 5.91 Å². The first-order valence-corrected chi connectivity index (χ1v) is 11.0. The summed E-state index contributed by atoms with van der Waals surface area (Å²) in [5.41, 5.74) is 0.942. The summed E-state index contributed by atoms with van der Waals surface area (Å²) in [5.74, 6) is 1.55. The second-order valence-electron chi connectivity index (χ2n) is 8.72. The van der Waals surface area contributed by atoms with Crippen LogP contribution in [0.25, 0.3) is 0 Å². The number of fused-ring (bicyclic) bond motifs is 4. The number of aryl methyl sites for hydroxylation is 1. The largest absolute Gasteiger partial charge is 0.342 e. The Morgan fingerprint density at radius 1 is 1.31 bits per heavy atom. The number of likely N-dealkylation sites (N-methyl/N-ethyl adjacent to an activating group) is 1. The molecule has 4 atom stereocenters. The van der Waals surface area contributed by atoms with E-state index in [1.807, 2.05) is 12.3 Å². The molecule has 3 aliphatic rings. The predicted octanol–water partition coefficient (Wildman–Crippen LogP) is 2.26. The Kier molecular flexibility index (Phi) is 5.35. The van der Waals surface area contributed by atoms with Crippen LogP contribution in [0.3, 0.4) is 0 Å². The van der Waals surface area contributed by atoms with Gasteiger partial charge in [-0.2, -0.15) is 0 Å². The van der Waals surface area contributed by atoms with Crippen molar-refractivity contribution in [3.05, 3.63) is 16.1 Å². The van der Waals surface area contributed by atoms with Crippen LogP contribution in [-0.2, 0) is 11.2 Å². The Morgan fingerprint density at radius 2 is 2.12 bits per heavy atom. The maximum atomic E-state index is 13.0. The summed E-state index contributed by atoms with van der Waals surface area (Å²) in [5, 5.41) is 3.09. The Labute approximate surface area is 161 Å². The average molecular weight is 377 g/mol. The normalized spacial score (nSPS) is 31.9. The van der Waals surface area contributed by atoms with Crippen molar-refractivity contribution < 1.29 is 4.79 Å². The Morgan fingerprint density at radius 3 is 2.85 bits per heavy atom. The standard InChI is InChI=1S/C20H32N4OS/c1-14-21-17(13-26-14)9-20(25)23-10-15-8-16(11-23)19(12-22(2)3)24-7-5-4-6-18(15)24/h13,15-16,18-19H,4-12H2,1-3H3/t15-,16+,18+,19+/m1/s1. The van der Waals surface area contributed by atoms with Crippen LogP contribution in [0.2, 0.25) is 0 Å². The van der Waals surface area contributed by atoms with Gasteiger partial charge in [0.1, 0.15) is 0 Å². The van der Waals surface area contributed by atoms with E-state index in [0.717, 1.165) is 30.3 Å². The molecule has 26 heavy (non-hydrogen) atoms. The molecule has 2 bridgehead atoms. The SMILES string of the molecule is Cc1nc(CC(=O)N2C[C@H]3C[C@@H](C2)[C@H](CN(C)C)N2CCCC[C@@H]32)cs1. The van der Waals surface area contributed by atoms with Crippen LogP contribution < -0.4 is 0 Å². The van der Waals surface area contributed by atoms with Crippen molar-refractivity contribution in [3.63, 3.8) is 0 Å². The predicted molar refractivity (Wildman–Crippen MR) is 105 cm³/mol. The molecule has 3 saturated heterocycles. The maximum absolute atomic E-state index is 13.0. The van der Waals surface area contributed by atoms with Crippen LogP contribution in [-0.4, -0.2) is 77.9 Å². The number of aromatic nitrogens is 1. The lowest BCUT2D eigenvalue weighted by molar-refractivity contribution is -0.140. The monoisotopic (exact) mass is 376 g/mol. The number of thiazole rings is 1. The third kappa shape index (κ3) is 3.69. The van der Waals surface area contributed by atoms with Crippen LogP contribution >= 0.6 is 11.3 Å². The van der Waals surface area contributed by atoms with E-state index < -0.39 is 0 Å². The van der Waals surface area contributed by atoms with Gasteiger partial charge in [-0.1, -0.05) is 6.42 Å². The molecule has 5 nitrogen and oxygen atoms in total. The van der Waals surface area contributed by atoms with Gasteiger partial charge in [0.25, 0.3) is 0 Å². The molecule has 0 spiro atoms. The molecule has 0 unspecified atom stereocenters. The summed E-state index contributed by atoms with van der Waals surface area (Å²) in [6.45, 7) is 6.26. The molecule has 1 aromatic rings. The van der Waals surface area contributed by atoms with Crippen LogP contribution in [0, 0.1) is 18.8 Å². The molecule has 1 amide bonds. The van der Waals surface area contributed by atoms with E-state index in [1.165, 1.54) is 32.2 Å². The van der Waals surface area contributed by atoms with Crippen molar-refractivity contribution >= 4 is 17.2 Å². The third-order valence-corrected chi connectivity index (χ3v) is 7.35. The first-order valence-electron chi connectivity index (χ1n) is 10.1. The Bertz CT molecular complexity index is 646. The molecule has 6 heteroatoms. The molecule has 3 aliphatic heterocycles. The lowest BCUT2D eigenvalue weighted by Crippen LogP contribution is -2.66. The molecule has 0 N–H and O–H groups in total. The zero-order valence-electron chi connectivity index (χ0n) is 16.4. The molecule has 4 heterocycles. The number of hydrogen-bond acceptors (Lipinski definition) is 5. The molecular formula is C20H32N4OS. The lowest BCUT2D eigenvalue weighted by atomic mass is 9.72. The molecule has 1 aromatic heterocycles. The molecular weight excluding hydrogens is 344 g/mol. The number of carbonyl (C=O) groups is 1. The summed E-state index contributed by atoms with van der Waals surface area (Å²) in [7, 11) is 4.36. The van der Waals surface area contributed by atoms with Gasteiger partial charge >= 0.3 is 0 Å². The van der Waals surface area contributed by atoms with Crippen molar-refractivity contribution in [1.29, 1.82) is 0 Å². The van der Waals surface area contributed by atoms with Crippen LogP contribution in [0.4, 0.5) is 0 Å². The van der Waals surface area contributed by atoms with Gasteiger partial charge in [0.2, 0.25) is 5.91 Å². The van der Waals surface area contributed by atoms with E-state index in [1.54, 1.807) is 11.3 Å². The average Bonchev–Trinajstić information content (AvgIpc) is 3.03. The van der Waals surface area contributed by atoms with Gasteiger partial charge in [-0.15, -0.1) is 11.3 Å². The Hall–Kier alpha value is -0.980. The third-order valence-electron chi connectivity index (χ3n) is 6.53. The van der Waals surface area contributed by atoms with E-state index in [4.69, 9.17) is 0 Å². The van der Waals surface area contributed by atoms with Gasteiger partial charge in [-0.25, -0.2) is 4.98 Å². The molecule has 0 aromatic carbocycles. The quantitative estimate of drug-likeness (QED) is 0.808. The highest BCUT2D eigenvalue weighted by atomic mass is 32.1. The smallest absolute Gasteiger partial charge is 0.228 e. The first kappa shape index (κ1) is 18.4. The van der Waals surface area contributed by atoms with E-state index in [0.29, 0.717) is 30.3 Å². The van der Waals surface area contributed by atoms with Gasteiger partial charge in [0.15, 0.2) is 0 Å². The fraction of sp³-hybridized carbons (Fsp3) is 0.800. The summed E-state index contributed by atoms with van der Waals surface area (Å²) >= 11 is 1.64. The summed E-state index contributed by atoms with van der Waals surface area (Å²) in [6, 6.07) is 1.28. The van der Waals surface area contributed by atoms with Crippen molar-refractivity contribution in [2.75, 3.05) is 40.3 Å². The highest BCUT2D eigenvalue weighted by Crippen LogP contribution is 2.41. The van der Waals surface area contributed by atoms with Gasteiger partial charge in [0.05, 0.1) is 17.1 Å². The molecule has 0 radical (unpaired) electrons. The molecule has 4 rings (SSSR count). The molecule has 0 saturated carbocycles. The summed E-state index contributed by atoms with van der Waals surface area (Å²) < 4.78 is 0. The number of carbonyl (C=O) groups excluding carboxylic acids is 1. The molecule has 3 fully saturated rings. The first-order chi connectivity index (χ1) is 12.5. The summed E-state index contributed by atoms with van der Waals surface area (Å²) in [6.07, 6.45) is 5.78. The topological polar surface area (TPSA) is 39.7 Å². The van der Waals surface area contributed by atoms with Crippen molar-refractivity contribution in [3.8, 4) is 0 Å². The minimum absolute atomic E-state index is 0.276. The summed E-state index contributed by atoms with van der Waals surface area (Å²) in [4.78, 5) is 24.8. The van der Waals surface area contributed by atoms with Crippen LogP contribution in [0.1, 0.15) is 36.4 Å². The van der Waals surface area contributed by atoms with Gasteiger partial charge in [0, 0.05) is 37.1 Å². The van der Waals surface area contributed by atoms with Gasteiger partial charge in [-0.05, 0) is 58.7 Å². The molecule has 144 valence electrons. The zero-order chi connectivity index (χ0) is 18.3. The maximum Gasteiger partial charge on any atom is 0.228 e. The fourth-order valence-electron chi connectivity index (χ4n) is 5.49. The van der Waals surface area contributed by atoms with E-state index in [9.17, 15) is 4.79 Å². The number of nitrogens with zero attached hydrogens (tertiary/aromatic N) is 4. The number of rotatable bonds is 4. The number of piperidine rings is 3. The minimum Gasteiger partial charge on any atom is -0.342 e.